The summed E-state index contributed by atoms with van der Waals surface area (Å²) in [6.07, 6.45) is 0. The minimum absolute atomic E-state index is 0.132. The fourth-order valence-corrected chi connectivity index (χ4v) is 3.92. The Balaban J connectivity index is 1.78. The molecule has 0 spiro atoms. The van der Waals surface area contributed by atoms with Crippen LogP contribution in [0.2, 0.25) is 0 Å². The third-order valence-electron chi connectivity index (χ3n) is 4.37. The summed E-state index contributed by atoms with van der Waals surface area (Å²) in [5.41, 5.74) is 3.95. The fourth-order valence-electron chi connectivity index (χ4n) is 2.92. The molecule has 0 saturated carbocycles. The molecule has 0 radical (unpaired) electrons. The van der Waals surface area contributed by atoms with E-state index >= 15 is 0 Å². The van der Waals surface area contributed by atoms with E-state index in [1.165, 1.54) is 19.1 Å². The van der Waals surface area contributed by atoms with Gasteiger partial charge in [-0.2, -0.15) is 5.10 Å². The van der Waals surface area contributed by atoms with Gasteiger partial charge in [0.05, 0.1) is 16.3 Å². The first-order valence-corrected chi connectivity index (χ1v) is 10.2. The maximum Gasteiger partial charge on any atom is 0.240 e. The summed E-state index contributed by atoms with van der Waals surface area (Å²) < 4.78 is 29.7. The molecular weight excluding hydrogens is 376 g/mol. The summed E-state index contributed by atoms with van der Waals surface area (Å²) in [6, 6.07) is 15.7. The van der Waals surface area contributed by atoms with E-state index in [1.807, 2.05) is 44.2 Å². The molecule has 2 N–H and O–H groups in total. The van der Waals surface area contributed by atoms with Gasteiger partial charge in [0, 0.05) is 30.4 Å². The second-order valence-corrected chi connectivity index (χ2v) is 8.19. The molecule has 1 aromatic heterocycles. The van der Waals surface area contributed by atoms with Crippen LogP contribution in [-0.2, 0) is 21.4 Å². The van der Waals surface area contributed by atoms with Crippen molar-refractivity contribution in [2.45, 2.75) is 32.2 Å². The minimum atomic E-state index is -3.69. The molecule has 0 bridgehead atoms. The number of nitrogens with one attached hydrogen (secondary N) is 2. The van der Waals surface area contributed by atoms with Crippen molar-refractivity contribution in [3.63, 3.8) is 0 Å². The molecule has 146 valence electrons. The number of carbonyl (C=O) groups is 1. The van der Waals surface area contributed by atoms with E-state index in [9.17, 15) is 13.2 Å². The highest BCUT2D eigenvalue weighted by Gasteiger charge is 2.18. The molecule has 0 aliphatic heterocycles. The van der Waals surface area contributed by atoms with Gasteiger partial charge in [-0.3, -0.25) is 4.79 Å². The van der Waals surface area contributed by atoms with Crippen molar-refractivity contribution < 1.29 is 13.2 Å². The van der Waals surface area contributed by atoms with E-state index in [0.29, 0.717) is 5.69 Å². The molecule has 0 saturated heterocycles. The SMILES string of the molecule is CC(=O)Nc1ccc(S(=O)(=O)NCc2c(C)nn(-c3ccccc3)c2C)cc1. The summed E-state index contributed by atoms with van der Waals surface area (Å²) in [5, 5.41) is 7.14. The van der Waals surface area contributed by atoms with E-state index in [1.54, 1.807) is 16.8 Å². The molecule has 0 aliphatic carbocycles. The van der Waals surface area contributed by atoms with Crippen molar-refractivity contribution in [1.82, 2.24) is 14.5 Å². The lowest BCUT2D eigenvalue weighted by Gasteiger charge is -2.09. The second kappa shape index (κ2) is 7.95. The molecule has 1 amide bonds. The highest BCUT2D eigenvalue weighted by molar-refractivity contribution is 7.89. The molecule has 28 heavy (non-hydrogen) atoms. The van der Waals surface area contributed by atoms with Crippen LogP contribution in [0.15, 0.2) is 59.5 Å². The molecule has 2 aromatic carbocycles. The molecule has 3 aromatic rings. The number of amides is 1. The first-order chi connectivity index (χ1) is 13.3. The average Bonchev–Trinajstić information content (AvgIpc) is 2.95. The molecule has 0 atom stereocenters. The number of hydrogen-bond acceptors (Lipinski definition) is 4. The van der Waals surface area contributed by atoms with Crippen LogP contribution in [0.3, 0.4) is 0 Å². The van der Waals surface area contributed by atoms with Gasteiger partial charge in [-0.15, -0.1) is 0 Å². The van der Waals surface area contributed by atoms with Gasteiger partial charge in [-0.25, -0.2) is 17.8 Å². The molecular formula is C20H22N4O3S. The number of aryl methyl sites for hydroxylation is 1. The van der Waals surface area contributed by atoms with Crippen molar-refractivity contribution in [2.24, 2.45) is 0 Å². The molecule has 1 heterocycles. The summed E-state index contributed by atoms with van der Waals surface area (Å²) >= 11 is 0. The Morgan fingerprint density at radius 2 is 1.68 bits per heavy atom. The summed E-state index contributed by atoms with van der Waals surface area (Å²) in [6.45, 7) is 5.31. The van der Waals surface area contributed by atoms with Crippen LogP contribution in [0.25, 0.3) is 5.69 Å². The van der Waals surface area contributed by atoms with Crippen molar-refractivity contribution >= 4 is 21.6 Å². The molecule has 0 fully saturated rings. The van der Waals surface area contributed by atoms with Crippen LogP contribution in [0.5, 0.6) is 0 Å². The monoisotopic (exact) mass is 398 g/mol. The minimum Gasteiger partial charge on any atom is -0.326 e. The highest BCUT2D eigenvalue weighted by Crippen LogP contribution is 2.19. The zero-order chi connectivity index (χ0) is 20.3. The largest absolute Gasteiger partial charge is 0.326 e. The lowest BCUT2D eigenvalue weighted by atomic mass is 10.2. The molecule has 3 rings (SSSR count). The Labute approximate surface area is 164 Å². The van der Waals surface area contributed by atoms with Crippen molar-refractivity contribution in [1.29, 1.82) is 0 Å². The zero-order valence-electron chi connectivity index (χ0n) is 15.9. The van der Waals surface area contributed by atoms with Gasteiger partial charge in [0.1, 0.15) is 0 Å². The van der Waals surface area contributed by atoms with Crippen LogP contribution in [0, 0.1) is 13.8 Å². The van der Waals surface area contributed by atoms with Gasteiger partial charge in [-0.05, 0) is 50.2 Å². The Kier molecular flexibility index (Phi) is 5.62. The summed E-state index contributed by atoms with van der Waals surface area (Å²) in [7, 11) is -3.69. The standard InChI is InChI=1S/C20H22N4O3S/c1-14-20(15(2)24(23-14)18-7-5-4-6-8-18)13-21-28(26,27)19-11-9-17(10-12-19)22-16(3)25/h4-12,21H,13H2,1-3H3,(H,22,25). The first kappa shape index (κ1) is 19.8. The van der Waals surface area contributed by atoms with E-state index in [2.05, 4.69) is 15.1 Å². The quantitative estimate of drug-likeness (QED) is 0.668. The van der Waals surface area contributed by atoms with Gasteiger partial charge in [-0.1, -0.05) is 18.2 Å². The second-order valence-electron chi connectivity index (χ2n) is 6.43. The predicted octanol–water partition coefficient (Wildman–Crippen LogP) is 2.93. The van der Waals surface area contributed by atoms with Crippen LogP contribution < -0.4 is 10.0 Å². The first-order valence-electron chi connectivity index (χ1n) is 8.76. The number of aromatic nitrogens is 2. The van der Waals surface area contributed by atoms with Gasteiger partial charge < -0.3 is 5.32 Å². The lowest BCUT2D eigenvalue weighted by molar-refractivity contribution is -0.114. The van der Waals surface area contributed by atoms with Crippen molar-refractivity contribution in [3.05, 3.63) is 71.5 Å². The Morgan fingerprint density at radius 3 is 2.29 bits per heavy atom. The van der Waals surface area contributed by atoms with Gasteiger partial charge in [0.2, 0.25) is 15.9 Å². The van der Waals surface area contributed by atoms with Crippen LogP contribution in [0.1, 0.15) is 23.9 Å². The Bertz CT molecular complexity index is 1090. The van der Waals surface area contributed by atoms with E-state index < -0.39 is 10.0 Å². The molecule has 7 nitrogen and oxygen atoms in total. The van der Waals surface area contributed by atoms with Crippen molar-refractivity contribution in [3.8, 4) is 5.69 Å². The lowest BCUT2D eigenvalue weighted by Crippen LogP contribution is -2.23. The van der Waals surface area contributed by atoms with Gasteiger partial charge in [0.15, 0.2) is 0 Å². The van der Waals surface area contributed by atoms with Crippen LogP contribution in [0.4, 0.5) is 5.69 Å². The number of rotatable bonds is 6. The van der Waals surface area contributed by atoms with Gasteiger partial charge >= 0.3 is 0 Å². The molecule has 0 unspecified atom stereocenters. The highest BCUT2D eigenvalue weighted by atomic mass is 32.2. The fraction of sp³-hybridized carbons (Fsp3) is 0.200. The predicted molar refractivity (Wildman–Crippen MR) is 108 cm³/mol. The van der Waals surface area contributed by atoms with Gasteiger partial charge in [0.25, 0.3) is 0 Å². The number of sulfonamides is 1. The smallest absolute Gasteiger partial charge is 0.240 e. The Hall–Kier alpha value is -2.97. The number of nitrogens with zero attached hydrogens (tertiary/aromatic N) is 2. The summed E-state index contributed by atoms with van der Waals surface area (Å²) in [4.78, 5) is 11.2. The number of benzene rings is 2. The number of anilines is 1. The van der Waals surface area contributed by atoms with E-state index in [0.717, 1.165) is 22.6 Å². The van der Waals surface area contributed by atoms with Crippen LogP contribution in [-0.4, -0.2) is 24.1 Å². The zero-order valence-corrected chi connectivity index (χ0v) is 16.7. The van der Waals surface area contributed by atoms with Crippen molar-refractivity contribution in [2.75, 3.05) is 5.32 Å². The summed E-state index contributed by atoms with van der Waals surface area (Å²) in [5.74, 6) is -0.213. The Morgan fingerprint density at radius 1 is 1.04 bits per heavy atom. The van der Waals surface area contributed by atoms with E-state index in [4.69, 9.17) is 0 Å². The number of hydrogen-bond donors (Lipinski definition) is 2. The van der Waals surface area contributed by atoms with E-state index in [-0.39, 0.29) is 17.3 Å². The normalized spacial score (nSPS) is 11.4. The molecule has 8 heteroatoms. The maximum atomic E-state index is 12.6. The third-order valence-corrected chi connectivity index (χ3v) is 5.78. The average molecular weight is 398 g/mol. The topological polar surface area (TPSA) is 93.1 Å². The van der Waals surface area contributed by atoms with Crippen LogP contribution >= 0.6 is 0 Å². The number of carbonyl (C=O) groups excluding carboxylic acids is 1. The molecule has 0 aliphatic rings. The maximum absolute atomic E-state index is 12.6. The third kappa shape index (κ3) is 4.29. The number of para-hydroxylation sites is 1.